The summed E-state index contributed by atoms with van der Waals surface area (Å²) in [6.07, 6.45) is 1.71. The van der Waals surface area contributed by atoms with Crippen LogP contribution in [0.2, 0.25) is 0 Å². The van der Waals surface area contributed by atoms with Crippen molar-refractivity contribution in [1.29, 1.82) is 0 Å². The van der Waals surface area contributed by atoms with Crippen molar-refractivity contribution in [2.75, 3.05) is 25.2 Å². The molecule has 3 rings (SSSR count). The number of ether oxygens (including phenoxy) is 2. The van der Waals surface area contributed by atoms with E-state index in [9.17, 15) is 18.0 Å². The number of carbonyl (C=O) groups excluding carboxylic acids is 2. The molecule has 0 spiro atoms. The van der Waals surface area contributed by atoms with Gasteiger partial charge in [-0.1, -0.05) is 18.2 Å². The van der Waals surface area contributed by atoms with Gasteiger partial charge in [-0.2, -0.15) is 0 Å². The van der Waals surface area contributed by atoms with Crippen molar-refractivity contribution in [3.63, 3.8) is 0 Å². The van der Waals surface area contributed by atoms with Crippen molar-refractivity contribution in [1.82, 2.24) is 0 Å². The van der Waals surface area contributed by atoms with Gasteiger partial charge in [0, 0.05) is 12.2 Å². The van der Waals surface area contributed by atoms with Crippen molar-refractivity contribution in [3.8, 4) is 5.75 Å². The van der Waals surface area contributed by atoms with Gasteiger partial charge in [0.05, 0.1) is 12.0 Å². The lowest BCUT2D eigenvalue weighted by atomic mass is 10.0. The summed E-state index contributed by atoms with van der Waals surface area (Å²) in [5, 5.41) is 5.10. The molecule has 0 saturated heterocycles. The number of hydrogen-bond donors (Lipinski definition) is 1. The normalized spacial score (nSPS) is 13.6. The number of anilines is 1. The fourth-order valence-corrected chi connectivity index (χ4v) is 3.64. The molecule has 0 fully saturated rings. The minimum absolute atomic E-state index is 0.119. The summed E-state index contributed by atoms with van der Waals surface area (Å²) in [6.45, 7) is 0.0630. The molecule has 0 unspecified atom stereocenters. The zero-order valence-corrected chi connectivity index (χ0v) is 16.1. The highest BCUT2D eigenvalue weighted by molar-refractivity contribution is 7.89. The van der Waals surface area contributed by atoms with Crippen LogP contribution < -0.4 is 14.8 Å². The Bertz CT molecular complexity index is 1020. The fraction of sp³-hybridized carbons (Fsp3) is 0.263. The molecule has 2 aromatic carbocycles. The highest BCUT2D eigenvalue weighted by Gasteiger charge is 2.24. The lowest BCUT2D eigenvalue weighted by molar-refractivity contribution is -0.121. The average Bonchev–Trinajstić information content (AvgIpc) is 2.70. The van der Waals surface area contributed by atoms with E-state index in [1.54, 1.807) is 4.90 Å². The minimum Gasteiger partial charge on any atom is -0.496 e. The molecule has 2 aromatic rings. The molecule has 0 saturated carbocycles. The number of nitrogens with two attached hydrogens (primary N) is 1. The lowest BCUT2D eigenvalue weighted by Crippen LogP contribution is -2.38. The molecule has 0 bridgehead atoms. The summed E-state index contributed by atoms with van der Waals surface area (Å²) >= 11 is 0. The van der Waals surface area contributed by atoms with Crippen LogP contribution in [0.3, 0.4) is 0 Å². The van der Waals surface area contributed by atoms with Crippen LogP contribution in [0.4, 0.5) is 5.69 Å². The van der Waals surface area contributed by atoms with Crippen molar-refractivity contribution in [2.45, 2.75) is 17.7 Å². The first-order valence-electron chi connectivity index (χ1n) is 8.57. The van der Waals surface area contributed by atoms with Crippen molar-refractivity contribution in [3.05, 3.63) is 53.6 Å². The molecular formula is C19H20N2O6S. The number of fused-ring (bicyclic) bond motifs is 1. The molecule has 8 nitrogen and oxygen atoms in total. The molecule has 148 valence electrons. The Morgan fingerprint density at radius 2 is 1.93 bits per heavy atom. The van der Waals surface area contributed by atoms with E-state index in [-0.39, 0.29) is 22.1 Å². The van der Waals surface area contributed by atoms with E-state index in [1.165, 1.54) is 19.2 Å². The molecule has 2 N–H and O–H groups in total. The van der Waals surface area contributed by atoms with Crippen LogP contribution in [-0.2, 0) is 26.0 Å². The van der Waals surface area contributed by atoms with E-state index >= 15 is 0 Å². The van der Waals surface area contributed by atoms with E-state index in [1.807, 2.05) is 24.3 Å². The van der Waals surface area contributed by atoms with E-state index in [0.29, 0.717) is 6.54 Å². The van der Waals surface area contributed by atoms with Gasteiger partial charge in [-0.15, -0.1) is 0 Å². The van der Waals surface area contributed by atoms with Gasteiger partial charge in [-0.3, -0.25) is 4.79 Å². The molecule has 1 heterocycles. The SMILES string of the molecule is COc1ccc(S(N)(=O)=O)cc1C(=O)OCC(=O)N1CCCc2ccccc21. The van der Waals surface area contributed by atoms with Crippen LogP contribution >= 0.6 is 0 Å². The summed E-state index contributed by atoms with van der Waals surface area (Å²) in [6, 6.07) is 11.2. The summed E-state index contributed by atoms with van der Waals surface area (Å²) in [7, 11) is -2.67. The van der Waals surface area contributed by atoms with E-state index in [0.717, 1.165) is 30.2 Å². The number of amides is 1. The summed E-state index contributed by atoms with van der Waals surface area (Å²) < 4.78 is 33.2. The Hall–Kier alpha value is -2.91. The lowest BCUT2D eigenvalue weighted by Gasteiger charge is -2.29. The third-order valence-corrected chi connectivity index (χ3v) is 5.37. The van der Waals surface area contributed by atoms with Crippen molar-refractivity contribution in [2.24, 2.45) is 5.14 Å². The first kappa shape index (κ1) is 19.8. The van der Waals surface area contributed by atoms with Gasteiger partial charge < -0.3 is 14.4 Å². The van der Waals surface area contributed by atoms with Crippen LogP contribution in [0.25, 0.3) is 0 Å². The molecule has 0 atom stereocenters. The number of benzene rings is 2. The zero-order valence-electron chi connectivity index (χ0n) is 15.3. The van der Waals surface area contributed by atoms with Crippen LogP contribution in [0.1, 0.15) is 22.3 Å². The summed E-state index contributed by atoms with van der Waals surface area (Å²) in [4.78, 5) is 26.3. The Kier molecular flexibility index (Phi) is 5.66. The number of aryl methyl sites for hydroxylation is 1. The first-order chi connectivity index (χ1) is 13.3. The van der Waals surface area contributed by atoms with Crippen LogP contribution in [0, 0.1) is 0 Å². The van der Waals surface area contributed by atoms with Gasteiger partial charge >= 0.3 is 5.97 Å². The number of methoxy groups -OCH3 is 1. The Morgan fingerprint density at radius 3 is 2.64 bits per heavy atom. The van der Waals surface area contributed by atoms with Crippen LogP contribution in [0.5, 0.6) is 5.75 Å². The molecule has 1 aliphatic rings. The molecular weight excluding hydrogens is 384 g/mol. The highest BCUT2D eigenvalue weighted by Crippen LogP contribution is 2.27. The monoisotopic (exact) mass is 404 g/mol. The third kappa shape index (κ3) is 4.15. The highest BCUT2D eigenvalue weighted by atomic mass is 32.2. The largest absolute Gasteiger partial charge is 0.496 e. The topological polar surface area (TPSA) is 116 Å². The van der Waals surface area contributed by atoms with Gasteiger partial charge in [0.2, 0.25) is 10.0 Å². The van der Waals surface area contributed by atoms with Crippen LogP contribution in [0.15, 0.2) is 47.4 Å². The van der Waals surface area contributed by atoms with E-state index in [2.05, 4.69) is 0 Å². The predicted molar refractivity (Wildman–Crippen MR) is 102 cm³/mol. The van der Waals surface area contributed by atoms with Gasteiger partial charge in [-0.25, -0.2) is 18.4 Å². The van der Waals surface area contributed by atoms with Gasteiger partial charge in [0.25, 0.3) is 5.91 Å². The quantitative estimate of drug-likeness (QED) is 0.755. The fourth-order valence-electron chi connectivity index (χ4n) is 3.10. The number of primary sulfonamides is 1. The van der Waals surface area contributed by atoms with E-state index in [4.69, 9.17) is 14.6 Å². The Balaban J connectivity index is 1.75. The van der Waals surface area contributed by atoms with Crippen molar-refractivity contribution >= 4 is 27.6 Å². The second kappa shape index (κ2) is 7.99. The van der Waals surface area contributed by atoms with Crippen molar-refractivity contribution < 1.29 is 27.5 Å². The number of esters is 1. The second-order valence-corrected chi connectivity index (χ2v) is 7.82. The number of rotatable bonds is 5. The first-order valence-corrected chi connectivity index (χ1v) is 10.1. The van der Waals surface area contributed by atoms with Crippen LogP contribution in [-0.4, -0.2) is 40.6 Å². The molecule has 1 aliphatic heterocycles. The smallest absolute Gasteiger partial charge is 0.342 e. The molecule has 0 aromatic heterocycles. The maximum absolute atomic E-state index is 12.6. The third-order valence-electron chi connectivity index (χ3n) is 4.46. The number of sulfonamides is 1. The number of para-hydroxylation sites is 1. The Labute approximate surface area is 162 Å². The van der Waals surface area contributed by atoms with Gasteiger partial charge in [0.1, 0.15) is 11.3 Å². The molecule has 0 aliphatic carbocycles. The molecule has 28 heavy (non-hydrogen) atoms. The number of hydrogen-bond acceptors (Lipinski definition) is 6. The maximum Gasteiger partial charge on any atom is 0.342 e. The van der Waals surface area contributed by atoms with E-state index < -0.39 is 22.6 Å². The second-order valence-electron chi connectivity index (χ2n) is 6.26. The number of nitrogens with zero attached hydrogens (tertiary/aromatic N) is 1. The minimum atomic E-state index is -4.00. The summed E-state index contributed by atoms with van der Waals surface area (Å²) in [5.74, 6) is -1.11. The average molecular weight is 404 g/mol. The maximum atomic E-state index is 12.6. The Morgan fingerprint density at radius 1 is 1.18 bits per heavy atom. The zero-order chi connectivity index (χ0) is 20.3. The molecule has 9 heteroatoms. The number of carbonyl (C=O) groups is 2. The summed E-state index contributed by atoms with van der Waals surface area (Å²) in [5.41, 5.74) is 1.75. The standard InChI is InChI=1S/C19H20N2O6S/c1-26-17-9-8-14(28(20,24)25)11-15(17)19(23)27-12-18(22)21-10-4-6-13-5-2-3-7-16(13)21/h2-3,5,7-9,11H,4,6,10,12H2,1H3,(H2,20,24,25). The molecule has 1 amide bonds. The van der Waals surface area contributed by atoms with Gasteiger partial charge in [0.15, 0.2) is 6.61 Å². The van der Waals surface area contributed by atoms with Gasteiger partial charge in [-0.05, 0) is 42.7 Å². The molecule has 0 radical (unpaired) electrons. The predicted octanol–water partition coefficient (Wildman–Crippen LogP) is 1.48.